The minimum absolute atomic E-state index is 0.177. The van der Waals surface area contributed by atoms with Crippen molar-refractivity contribution in [3.8, 4) is 17.2 Å². The highest BCUT2D eigenvalue weighted by atomic mass is 127. The molecule has 1 atom stereocenters. The third kappa shape index (κ3) is 9.02. The first kappa shape index (κ1) is 33.9. The van der Waals surface area contributed by atoms with Crippen LogP contribution in [0.2, 0.25) is 10.0 Å². The molecule has 0 unspecified atom stereocenters. The Labute approximate surface area is 283 Å². The smallest absolute Gasteiger partial charge is 0.338 e. The number of urea groups is 1. The van der Waals surface area contributed by atoms with E-state index in [1.165, 1.54) is 13.3 Å². The van der Waals surface area contributed by atoms with Crippen LogP contribution in [0.1, 0.15) is 36.6 Å². The van der Waals surface area contributed by atoms with E-state index >= 15 is 0 Å². The molecule has 1 heterocycles. The van der Waals surface area contributed by atoms with Crippen LogP contribution < -0.4 is 30.3 Å². The van der Waals surface area contributed by atoms with Crippen molar-refractivity contribution in [1.29, 1.82) is 0 Å². The Balaban J connectivity index is 1.35. The molecule has 0 saturated heterocycles. The minimum Gasteiger partial charge on any atom is -0.493 e. The van der Waals surface area contributed by atoms with Gasteiger partial charge in [0.05, 0.1) is 41.6 Å². The SMILES string of the molecule is CCOC(=O)C1=C(C)NC(=O)N[C@@H]1c1ccc(OCC(=O)N/N=C\c2cc(Cl)c(OCc3ccc(I)cc3)c(Cl)c2)c(OC)c1. The molecule has 45 heavy (non-hydrogen) atoms. The predicted octanol–water partition coefficient (Wildman–Crippen LogP) is 5.91. The second kappa shape index (κ2) is 15.8. The van der Waals surface area contributed by atoms with Gasteiger partial charge in [0.1, 0.15) is 6.61 Å². The van der Waals surface area contributed by atoms with Gasteiger partial charge < -0.3 is 29.6 Å². The molecule has 0 aliphatic carbocycles. The van der Waals surface area contributed by atoms with E-state index in [1.54, 1.807) is 44.2 Å². The Bertz CT molecular complexity index is 1620. The summed E-state index contributed by atoms with van der Waals surface area (Å²) in [5.41, 5.74) is 5.08. The first-order valence-electron chi connectivity index (χ1n) is 13.5. The fourth-order valence-electron chi connectivity index (χ4n) is 4.29. The number of benzene rings is 3. The highest BCUT2D eigenvalue weighted by Crippen LogP contribution is 2.36. The number of ether oxygens (including phenoxy) is 4. The van der Waals surface area contributed by atoms with E-state index < -0.39 is 23.9 Å². The molecule has 11 nitrogen and oxygen atoms in total. The van der Waals surface area contributed by atoms with Crippen LogP contribution in [0, 0.1) is 3.57 Å². The van der Waals surface area contributed by atoms with Gasteiger partial charge in [0, 0.05) is 9.27 Å². The van der Waals surface area contributed by atoms with Gasteiger partial charge in [-0.25, -0.2) is 15.0 Å². The molecular formula is C31H29Cl2IN4O7. The van der Waals surface area contributed by atoms with Crippen molar-refractivity contribution in [2.24, 2.45) is 5.10 Å². The minimum atomic E-state index is -0.783. The summed E-state index contributed by atoms with van der Waals surface area (Å²) in [7, 11) is 1.43. The van der Waals surface area contributed by atoms with E-state index in [4.69, 9.17) is 42.1 Å². The van der Waals surface area contributed by atoms with Gasteiger partial charge in [-0.05, 0) is 89.5 Å². The Kier molecular flexibility index (Phi) is 11.9. The van der Waals surface area contributed by atoms with Gasteiger partial charge in [-0.2, -0.15) is 5.10 Å². The van der Waals surface area contributed by atoms with Crippen molar-refractivity contribution in [1.82, 2.24) is 16.1 Å². The monoisotopic (exact) mass is 766 g/mol. The van der Waals surface area contributed by atoms with Gasteiger partial charge in [-0.1, -0.05) is 41.4 Å². The molecule has 0 saturated carbocycles. The van der Waals surface area contributed by atoms with Crippen LogP contribution in [0.25, 0.3) is 0 Å². The standard InChI is InChI=1S/C31H29Cl2IN4O7/c1-4-43-30(40)27-17(2)36-31(41)37-28(27)20-7-10-24(25(13-20)42-3)44-16-26(39)38-35-14-19-11-22(32)29(23(33)12-19)45-15-18-5-8-21(34)9-6-18/h5-14,28H,4,15-16H2,1-3H3,(H,38,39)(H2,36,37,41)/b35-14-/t28-/m1/s1. The maximum atomic E-state index is 12.6. The molecule has 3 amide bonds. The van der Waals surface area contributed by atoms with Crippen LogP contribution in [0.15, 0.2) is 71.0 Å². The van der Waals surface area contributed by atoms with Crippen LogP contribution >= 0.6 is 45.8 Å². The van der Waals surface area contributed by atoms with Gasteiger partial charge in [0.25, 0.3) is 5.91 Å². The summed E-state index contributed by atoms with van der Waals surface area (Å²) < 4.78 is 23.2. The quantitative estimate of drug-likeness (QED) is 0.0904. The van der Waals surface area contributed by atoms with Crippen molar-refractivity contribution in [3.63, 3.8) is 0 Å². The number of allylic oxidation sites excluding steroid dienone is 1. The van der Waals surface area contributed by atoms with Crippen molar-refractivity contribution in [2.45, 2.75) is 26.5 Å². The second-order valence-electron chi connectivity index (χ2n) is 9.51. The maximum Gasteiger partial charge on any atom is 0.338 e. The molecule has 0 radical (unpaired) electrons. The average Bonchev–Trinajstić information content (AvgIpc) is 3.00. The van der Waals surface area contributed by atoms with E-state index in [1.807, 2.05) is 24.3 Å². The molecule has 0 spiro atoms. The summed E-state index contributed by atoms with van der Waals surface area (Å²) >= 11 is 15.0. The van der Waals surface area contributed by atoms with Crippen LogP contribution in [-0.2, 0) is 20.9 Å². The van der Waals surface area contributed by atoms with E-state index in [-0.39, 0.29) is 30.3 Å². The van der Waals surface area contributed by atoms with Gasteiger partial charge >= 0.3 is 12.0 Å². The molecule has 0 fully saturated rings. The largest absolute Gasteiger partial charge is 0.493 e. The number of nitrogens with one attached hydrogen (secondary N) is 3. The van der Waals surface area contributed by atoms with Crippen LogP contribution in [0.4, 0.5) is 4.79 Å². The maximum absolute atomic E-state index is 12.6. The van der Waals surface area contributed by atoms with Crippen molar-refractivity contribution >= 4 is 69.9 Å². The van der Waals surface area contributed by atoms with Gasteiger partial charge in [0.15, 0.2) is 23.9 Å². The molecule has 14 heteroatoms. The highest BCUT2D eigenvalue weighted by Gasteiger charge is 2.32. The lowest BCUT2D eigenvalue weighted by Gasteiger charge is -2.28. The normalized spacial score (nSPS) is 14.4. The summed E-state index contributed by atoms with van der Waals surface area (Å²) in [4.78, 5) is 37.2. The number of halogens is 3. The van der Waals surface area contributed by atoms with Crippen LogP contribution in [-0.4, -0.2) is 44.4 Å². The zero-order chi connectivity index (χ0) is 32.5. The summed E-state index contributed by atoms with van der Waals surface area (Å²) in [6, 6.07) is 14.7. The number of rotatable bonds is 12. The number of methoxy groups -OCH3 is 1. The predicted molar refractivity (Wildman–Crippen MR) is 178 cm³/mol. The summed E-state index contributed by atoms with van der Waals surface area (Å²) in [5.74, 6) is -0.210. The summed E-state index contributed by atoms with van der Waals surface area (Å²) in [6.45, 7) is 3.41. The van der Waals surface area contributed by atoms with Crippen molar-refractivity contribution in [2.75, 3.05) is 20.3 Å². The molecular weight excluding hydrogens is 738 g/mol. The second-order valence-corrected chi connectivity index (χ2v) is 11.6. The summed E-state index contributed by atoms with van der Waals surface area (Å²) in [6.07, 6.45) is 1.39. The number of hydrogen-bond donors (Lipinski definition) is 3. The molecule has 4 rings (SSSR count). The highest BCUT2D eigenvalue weighted by molar-refractivity contribution is 14.1. The zero-order valence-electron chi connectivity index (χ0n) is 24.4. The first-order valence-corrected chi connectivity index (χ1v) is 15.4. The fourth-order valence-corrected chi connectivity index (χ4v) is 5.26. The Morgan fingerprint density at radius 2 is 1.76 bits per heavy atom. The van der Waals surface area contributed by atoms with E-state index in [9.17, 15) is 14.4 Å². The van der Waals surface area contributed by atoms with Gasteiger partial charge in [0.2, 0.25) is 0 Å². The molecule has 0 bridgehead atoms. The van der Waals surface area contributed by atoms with E-state index in [2.05, 4.69) is 43.8 Å². The lowest BCUT2D eigenvalue weighted by Crippen LogP contribution is -2.45. The molecule has 236 valence electrons. The molecule has 3 aromatic carbocycles. The first-order chi connectivity index (χ1) is 21.6. The average molecular weight is 767 g/mol. The van der Waals surface area contributed by atoms with E-state index in [0.29, 0.717) is 39.2 Å². The van der Waals surface area contributed by atoms with Crippen LogP contribution in [0.3, 0.4) is 0 Å². The van der Waals surface area contributed by atoms with Crippen molar-refractivity contribution in [3.05, 3.63) is 96.2 Å². The molecule has 3 aromatic rings. The summed E-state index contributed by atoms with van der Waals surface area (Å²) in [5, 5.41) is 9.85. The number of hydrazone groups is 1. The number of carbonyl (C=O) groups is 3. The number of esters is 1. The number of amides is 3. The fraction of sp³-hybridized carbons (Fsp3) is 0.226. The Morgan fingerprint density at radius 3 is 2.42 bits per heavy atom. The lowest BCUT2D eigenvalue weighted by molar-refractivity contribution is -0.139. The Morgan fingerprint density at radius 1 is 1.04 bits per heavy atom. The molecule has 3 N–H and O–H groups in total. The number of carbonyl (C=O) groups excluding carboxylic acids is 3. The number of hydrogen-bond acceptors (Lipinski definition) is 8. The molecule has 0 aromatic heterocycles. The topological polar surface area (TPSA) is 137 Å². The van der Waals surface area contributed by atoms with Crippen molar-refractivity contribution < 1.29 is 33.3 Å². The van der Waals surface area contributed by atoms with Gasteiger partial charge in [-0.3, -0.25) is 4.79 Å². The van der Waals surface area contributed by atoms with Gasteiger partial charge in [-0.15, -0.1) is 0 Å². The third-order valence-electron chi connectivity index (χ3n) is 6.36. The van der Waals surface area contributed by atoms with Crippen LogP contribution in [0.5, 0.6) is 17.2 Å². The molecule has 1 aliphatic rings. The number of nitrogens with zero attached hydrogens (tertiary/aromatic N) is 1. The zero-order valence-corrected chi connectivity index (χ0v) is 28.1. The Hall–Kier alpha value is -4.01. The molecule has 1 aliphatic heterocycles. The third-order valence-corrected chi connectivity index (χ3v) is 7.64. The lowest BCUT2D eigenvalue weighted by atomic mass is 9.95. The van der Waals surface area contributed by atoms with E-state index in [0.717, 1.165) is 9.13 Å².